The van der Waals surface area contributed by atoms with Crippen molar-refractivity contribution in [2.45, 2.75) is 30.7 Å². The average molecular weight is 438 g/mol. The van der Waals surface area contributed by atoms with Gasteiger partial charge in [0, 0.05) is 12.1 Å². The first-order valence-corrected chi connectivity index (χ1v) is 8.98. The summed E-state index contributed by atoms with van der Waals surface area (Å²) in [6.07, 6.45) is -8.27. The SMILES string of the molecule is O=c1c2cc(O)c(O)cc2oc2c(O[C@H]3O[C@H](CO)[C@@H](O)[C@@H](O)[C@H]3O)c(O)cc(O)c12. The van der Waals surface area contributed by atoms with E-state index in [1.807, 2.05) is 0 Å². The van der Waals surface area contributed by atoms with Crippen molar-refractivity contribution in [2.24, 2.45) is 0 Å². The van der Waals surface area contributed by atoms with Crippen LogP contribution in [0.1, 0.15) is 0 Å². The molecule has 0 spiro atoms. The van der Waals surface area contributed by atoms with Crippen LogP contribution < -0.4 is 10.2 Å². The zero-order valence-electron chi connectivity index (χ0n) is 15.5. The molecule has 12 nitrogen and oxygen atoms in total. The molecule has 0 amide bonds. The fraction of sp³-hybridized carbons (Fsp3) is 0.316. The van der Waals surface area contributed by atoms with Crippen LogP contribution in [-0.2, 0) is 4.74 Å². The van der Waals surface area contributed by atoms with E-state index in [4.69, 9.17) is 13.9 Å². The molecule has 3 aromatic rings. The summed E-state index contributed by atoms with van der Waals surface area (Å²) in [5, 5.41) is 78.4. The van der Waals surface area contributed by atoms with Gasteiger partial charge in [-0.3, -0.25) is 4.79 Å². The van der Waals surface area contributed by atoms with Crippen molar-refractivity contribution >= 4 is 21.9 Å². The van der Waals surface area contributed by atoms with Crippen molar-refractivity contribution in [1.82, 2.24) is 0 Å². The molecular formula is C19H18O12. The lowest BCUT2D eigenvalue weighted by atomic mass is 9.99. The number of benzene rings is 2. The first-order chi connectivity index (χ1) is 14.6. The fourth-order valence-electron chi connectivity index (χ4n) is 3.39. The van der Waals surface area contributed by atoms with Crippen LogP contribution in [0.3, 0.4) is 0 Å². The van der Waals surface area contributed by atoms with E-state index < -0.39 is 82.5 Å². The minimum absolute atomic E-state index is 0.192. The Morgan fingerprint density at radius 3 is 2.23 bits per heavy atom. The summed E-state index contributed by atoms with van der Waals surface area (Å²) >= 11 is 0. The quantitative estimate of drug-likeness (QED) is 0.182. The third kappa shape index (κ3) is 3.26. The molecule has 8 N–H and O–H groups in total. The van der Waals surface area contributed by atoms with Crippen molar-refractivity contribution in [3.05, 3.63) is 28.4 Å². The van der Waals surface area contributed by atoms with E-state index >= 15 is 0 Å². The van der Waals surface area contributed by atoms with Crippen LogP contribution in [0.5, 0.6) is 28.7 Å². The Morgan fingerprint density at radius 1 is 0.871 bits per heavy atom. The number of aliphatic hydroxyl groups is 4. The lowest BCUT2D eigenvalue weighted by Crippen LogP contribution is -2.60. The molecule has 166 valence electrons. The van der Waals surface area contributed by atoms with Crippen molar-refractivity contribution < 1.29 is 54.7 Å². The zero-order chi connectivity index (χ0) is 22.6. The molecule has 2 aromatic carbocycles. The van der Waals surface area contributed by atoms with Crippen LogP contribution in [0.4, 0.5) is 0 Å². The van der Waals surface area contributed by atoms with E-state index in [9.17, 15) is 45.6 Å². The number of phenolic OH excluding ortho intramolecular Hbond substituents is 4. The highest BCUT2D eigenvalue weighted by Crippen LogP contribution is 2.42. The van der Waals surface area contributed by atoms with Crippen molar-refractivity contribution in [3.8, 4) is 28.7 Å². The molecule has 0 unspecified atom stereocenters. The summed E-state index contributed by atoms with van der Waals surface area (Å²) in [7, 11) is 0. The van der Waals surface area contributed by atoms with E-state index in [-0.39, 0.29) is 11.0 Å². The second-order valence-electron chi connectivity index (χ2n) is 7.03. The molecule has 1 aliphatic heterocycles. The van der Waals surface area contributed by atoms with E-state index in [1.54, 1.807) is 0 Å². The van der Waals surface area contributed by atoms with E-state index in [0.717, 1.165) is 18.2 Å². The predicted octanol–water partition coefficient (Wildman–Crippen LogP) is -1.05. The average Bonchev–Trinajstić information content (AvgIpc) is 2.72. The van der Waals surface area contributed by atoms with Crippen LogP contribution >= 0.6 is 0 Å². The summed E-state index contributed by atoms with van der Waals surface area (Å²) in [4.78, 5) is 12.8. The Kier molecular flexibility index (Phi) is 5.03. The number of phenols is 4. The zero-order valence-corrected chi connectivity index (χ0v) is 15.5. The molecule has 0 aliphatic carbocycles. The number of aromatic hydroxyl groups is 4. The van der Waals surface area contributed by atoms with E-state index in [2.05, 4.69) is 0 Å². The molecule has 5 atom stereocenters. The van der Waals surface area contributed by atoms with Gasteiger partial charge in [-0.1, -0.05) is 0 Å². The Hall–Kier alpha value is -3.29. The highest BCUT2D eigenvalue weighted by atomic mass is 16.7. The number of hydrogen-bond donors (Lipinski definition) is 8. The molecule has 1 aliphatic rings. The van der Waals surface area contributed by atoms with Crippen molar-refractivity contribution in [1.29, 1.82) is 0 Å². The Balaban J connectivity index is 1.90. The van der Waals surface area contributed by atoms with Crippen LogP contribution in [0, 0.1) is 0 Å². The number of hydrogen-bond acceptors (Lipinski definition) is 12. The van der Waals surface area contributed by atoms with Crippen molar-refractivity contribution in [2.75, 3.05) is 6.61 Å². The molecule has 2 heterocycles. The first-order valence-electron chi connectivity index (χ1n) is 8.98. The summed E-state index contributed by atoms with van der Waals surface area (Å²) in [5.41, 5.74) is -1.55. The maximum Gasteiger partial charge on any atom is 0.229 e. The molecule has 1 aromatic heterocycles. The molecule has 31 heavy (non-hydrogen) atoms. The van der Waals surface area contributed by atoms with E-state index in [0.29, 0.717) is 0 Å². The maximum absolute atomic E-state index is 12.8. The van der Waals surface area contributed by atoms with Gasteiger partial charge in [0.2, 0.25) is 17.5 Å². The molecule has 1 saturated heterocycles. The second kappa shape index (κ2) is 7.44. The first kappa shape index (κ1) is 21.0. The van der Waals surface area contributed by atoms with Crippen molar-refractivity contribution in [3.63, 3.8) is 0 Å². The van der Waals surface area contributed by atoms with E-state index in [1.165, 1.54) is 0 Å². The van der Waals surface area contributed by atoms with Gasteiger partial charge >= 0.3 is 0 Å². The van der Waals surface area contributed by atoms with Gasteiger partial charge in [0.25, 0.3) is 0 Å². The summed E-state index contributed by atoms with van der Waals surface area (Å²) in [6.45, 7) is -0.727. The Morgan fingerprint density at radius 2 is 1.55 bits per heavy atom. The third-order valence-electron chi connectivity index (χ3n) is 5.04. The van der Waals surface area contributed by atoms with Crippen LogP contribution in [0.15, 0.2) is 27.4 Å². The Bertz CT molecular complexity index is 1220. The molecule has 0 bridgehead atoms. The molecule has 4 rings (SSSR count). The molecule has 0 radical (unpaired) electrons. The minimum atomic E-state index is -1.82. The Labute approximate surface area is 172 Å². The van der Waals surface area contributed by atoms with Gasteiger partial charge in [0.05, 0.1) is 12.0 Å². The molecule has 1 fully saturated rings. The van der Waals surface area contributed by atoms with Gasteiger partial charge in [-0.15, -0.1) is 0 Å². The normalized spacial score (nSPS) is 26.4. The summed E-state index contributed by atoms with van der Waals surface area (Å²) in [6, 6.07) is 2.63. The maximum atomic E-state index is 12.8. The van der Waals surface area contributed by atoms with Gasteiger partial charge in [-0.2, -0.15) is 0 Å². The topological polar surface area (TPSA) is 211 Å². The van der Waals surface area contributed by atoms with Crippen LogP contribution in [0.2, 0.25) is 0 Å². The monoisotopic (exact) mass is 438 g/mol. The summed E-state index contributed by atoms with van der Waals surface area (Å²) in [5.74, 6) is -3.18. The van der Waals surface area contributed by atoms with Crippen LogP contribution in [-0.4, -0.2) is 78.2 Å². The summed E-state index contributed by atoms with van der Waals surface area (Å²) < 4.78 is 16.2. The van der Waals surface area contributed by atoms with Gasteiger partial charge in [0.1, 0.15) is 41.1 Å². The number of rotatable bonds is 3. The van der Waals surface area contributed by atoms with Gasteiger partial charge in [-0.05, 0) is 6.07 Å². The number of fused-ring (bicyclic) bond motifs is 2. The lowest BCUT2D eigenvalue weighted by Gasteiger charge is -2.39. The number of ether oxygens (including phenoxy) is 2. The molecular weight excluding hydrogens is 420 g/mol. The van der Waals surface area contributed by atoms with Gasteiger partial charge < -0.3 is 54.7 Å². The third-order valence-corrected chi connectivity index (χ3v) is 5.04. The molecule has 0 saturated carbocycles. The van der Waals surface area contributed by atoms with Crippen LogP contribution in [0.25, 0.3) is 21.9 Å². The fourth-order valence-corrected chi connectivity index (χ4v) is 3.39. The standard InChI is InChI=1S/C19H18O12/c20-4-11-14(26)15(27)16(28)19(30-11)31-17-9(24)2-8(23)12-13(25)5-1-6(21)7(22)3-10(5)29-18(12)17/h1-3,11,14-16,19-24,26-28H,4H2/t11-,14-,15-,16-,19-/m1/s1. The number of aliphatic hydroxyl groups excluding tert-OH is 4. The molecule has 12 heteroatoms. The second-order valence-corrected chi connectivity index (χ2v) is 7.03. The highest BCUT2D eigenvalue weighted by Gasteiger charge is 2.45. The van der Waals surface area contributed by atoms with Gasteiger partial charge in [0.15, 0.2) is 22.8 Å². The lowest BCUT2D eigenvalue weighted by molar-refractivity contribution is -0.277. The smallest absolute Gasteiger partial charge is 0.229 e. The predicted molar refractivity (Wildman–Crippen MR) is 101 cm³/mol. The van der Waals surface area contributed by atoms with Gasteiger partial charge in [-0.25, -0.2) is 0 Å². The minimum Gasteiger partial charge on any atom is -0.507 e. The largest absolute Gasteiger partial charge is 0.507 e. The highest BCUT2D eigenvalue weighted by molar-refractivity contribution is 5.98.